The molecule has 2 fully saturated rings. The van der Waals surface area contributed by atoms with Crippen molar-refractivity contribution in [3.05, 3.63) is 53.9 Å². The van der Waals surface area contributed by atoms with Crippen LogP contribution in [0.3, 0.4) is 0 Å². The number of imidazole rings is 1. The van der Waals surface area contributed by atoms with Crippen molar-refractivity contribution in [1.82, 2.24) is 14.5 Å². The van der Waals surface area contributed by atoms with Crippen molar-refractivity contribution in [2.45, 2.75) is 44.6 Å². The molecule has 5 heteroatoms. The molecule has 1 aromatic heterocycles. The van der Waals surface area contributed by atoms with Crippen molar-refractivity contribution in [2.24, 2.45) is 5.92 Å². The maximum Gasteiger partial charge on any atom is 0.226 e. The van der Waals surface area contributed by atoms with Crippen LogP contribution in [0, 0.1) is 11.7 Å². The molecular weight excluding hydrogens is 317 g/mol. The number of hydrogen-bond acceptors (Lipinski definition) is 2. The molecule has 3 atom stereocenters. The molecule has 1 aliphatic carbocycles. The van der Waals surface area contributed by atoms with Crippen LogP contribution in [0.2, 0.25) is 0 Å². The Morgan fingerprint density at radius 1 is 1.40 bits per heavy atom. The molecule has 1 amide bonds. The number of likely N-dealkylation sites (tertiary alicyclic amines) is 1. The Kier molecular flexibility index (Phi) is 4.32. The molecule has 0 unspecified atom stereocenters. The number of hydrogen-bond donors (Lipinski definition) is 0. The highest BCUT2D eigenvalue weighted by Crippen LogP contribution is 2.49. The number of amides is 1. The van der Waals surface area contributed by atoms with Gasteiger partial charge in [-0.25, -0.2) is 9.37 Å². The van der Waals surface area contributed by atoms with E-state index in [9.17, 15) is 9.18 Å². The van der Waals surface area contributed by atoms with Gasteiger partial charge in [-0.15, -0.1) is 0 Å². The fraction of sp³-hybridized carbons (Fsp3) is 0.500. The number of aromatic nitrogens is 2. The molecular formula is C20H24FN3O. The summed E-state index contributed by atoms with van der Waals surface area (Å²) in [5.41, 5.74) is 0.954. The summed E-state index contributed by atoms with van der Waals surface area (Å²) in [7, 11) is 0. The molecule has 0 bridgehead atoms. The van der Waals surface area contributed by atoms with Crippen LogP contribution in [0.15, 0.2) is 36.7 Å². The first-order valence-electron chi connectivity index (χ1n) is 9.23. The highest BCUT2D eigenvalue weighted by Gasteiger charge is 2.46. The number of aryl methyl sites for hydroxylation is 1. The van der Waals surface area contributed by atoms with Gasteiger partial charge < -0.3 is 9.47 Å². The molecule has 2 aromatic rings. The summed E-state index contributed by atoms with van der Waals surface area (Å²) in [6, 6.07) is 7.00. The predicted molar refractivity (Wildman–Crippen MR) is 93.7 cm³/mol. The lowest BCUT2D eigenvalue weighted by Gasteiger charge is -2.34. The van der Waals surface area contributed by atoms with Gasteiger partial charge in [0.2, 0.25) is 5.91 Å². The molecule has 2 heterocycles. The average molecular weight is 341 g/mol. The number of nitrogens with zero attached hydrogens (tertiary/aromatic N) is 3. The van der Waals surface area contributed by atoms with Gasteiger partial charge in [0, 0.05) is 37.8 Å². The lowest BCUT2D eigenvalue weighted by Crippen LogP contribution is -2.41. The Hall–Kier alpha value is -2.17. The summed E-state index contributed by atoms with van der Waals surface area (Å²) < 4.78 is 15.6. The zero-order valence-electron chi connectivity index (χ0n) is 14.6. The first-order valence-corrected chi connectivity index (χ1v) is 9.23. The van der Waals surface area contributed by atoms with Crippen molar-refractivity contribution in [1.29, 1.82) is 0 Å². The van der Waals surface area contributed by atoms with E-state index in [-0.39, 0.29) is 23.6 Å². The third-order valence-corrected chi connectivity index (χ3v) is 5.55. The van der Waals surface area contributed by atoms with Crippen LogP contribution < -0.4 is 0 Å². The predicted octanol–water partition coefficient (Wildman–Crippen LogP) is 3.55. The first-order chi connectivity index (χ1) is 12.2. The minimum Gasteiger partial charge on any atom is -0.340 e. The number of carbonyl (C=O) groups excluding carboxylic acids is 1. The van der Waals surface area contributed by atoms with E-state index in [4.69, 9.17) is 0 Å². The summed E-state index contributed by atoms with van der Waals surface area (Å²) in [4.78, 5) is 19.3. The Balaban J connectivity index is 1.43. The minimum atomic E-state index is -0.221. The van der Waals surface area contributed by atoms with Crippen LogP contribution in [-0.2, 0) is 11.2 Å². The molecule has 1 saturated heterocycles. The quantitative estimate of drug-likeness (QED) is 0.853. The first kappa shape index (κ1) is 16.3. The van der Waals surface area contributed by atoms with Crippen LogP contribution >= 0.6 is 0 Å². The van der Waals surface area contributed by atoms with Crippen molar-refractivity contribution in [3.63, 3.8) is 0 Å². The number of benzene rings is 1. The van der Waals surface area contributed by atoms with Gasteiger partial charge in [-0.1, -0.05) is 19.1 Å². The molecule has 25 heavy (non-hydrogen) atoms. The van der Waals surface area contributed by atoms with Gasteiger partial charge >= 0.3 is 0 Å². The zero-order valence-corrected chi connectivity index (χ0v) is 14.6. The molecule has 1 saturated carbocycles. The molecule has 1 aromatic carbocycles. The molecule has 2 aliphatic rings. The van der Waals surface area contributed by atoms with Crippen LogP contribution in [0.5, 0.6) is 0 Å². The summed E-state index contributed by atoms with van der Waals surface area (Å²) in [6.45, 7) is 3.70. The van der Waals surface area contributed by atoms with E-state index >= 15 is 0 Å². The number of carbonyl (C=O) groups is 1. The SMILES string of the molecule is CCc1nccn1[C@@H]1CCCN(C(=O)[C@@H]2C[C@H]2c2cccc(F)c2)C1. The standard InChI is InChI=1S/C20H24FN3O/c1-2-19-22-8-10-24(19)16-7-4-9-23(13-16)20(25)18-12-17(18)14-5-3-6-15(21)11-14/h3,5-6,8,10-11,16-18H,2,4,7,9,12-13H2,1H3/t16-,17+,18-/m1/s1. The smallest absolute Gasteiger partial charge is 0.226 e. The number of rotatable bonds is 4. The largest absolute Gasteiger partial charge is 0.340 e. The summed E-state index contributed by atoms with van der Waals surface area (Å²) >= 11 is 0. The molecule has 4 nitrogen and oxygen atoms in total. The molecule has 4 rings (SSSR count). The van der Waals surface area contributed by atoms with E-state index in [1.807, 2.05) is 23.4 Å². The van der Waals surface area contributed by atoms with E-state index < -0.39 is 0 Å². The average Bonchev–Trinajstić information content (AvgIpc) is 3.30. The van der Waals surface area contributed by atoms with Crippen LogP contribution in [0.1, 0.15) is 49.5 Å². The topological polar surface area (TPSA) is 38.1 Å². The van der Waals surface area contributed by atoms with E-state index in [1.165, 1.54) is 6.07 Å². The van der Waals surface area contributed by atoms with E-state index in [0.717, 1.165) is 50.2 Å². The lowest BCUT2D eigenvalue weighted by atomic mass is 10.0. The zero-order chi connectivity index (χ0) is 17.4. The second-order valence-corrected chi connectivity index (χ2v) is 7.19. The molecule has 132 valence electrons. The Morgan fingerprint density at radius 2 is 2.28 bits per heavy atom. The van der Waals surface area contributed by atoms with Crippen LogP contribution in [0.25, 0.3) is 0 Å². The minimum absolute atomic E-state index is 0.0222. The molecule has 0 radical (unpaired) electrons. The molecule has 0 N–H and O–H groups in total. The molecule has 0 spiro atoms. The Morgan fingerprint density at radius 3 is 3.08 bits per heavy atom. The highest BCUT2D eigenvalue weighted by atomic mass is 19.1. The fourth-order valence-electron chi connectivity index (χ4n) is 4.14. The summed E-state index contributed by atoms with van der Waals surface area (Å²) in [6.07, 6.45) is 7.74. The second-order valence-electron chi connectivity index (χ2n) is 7.19. The maximum absolute atomic E-state index is 13.4. The van der Waals surface area contributed by atoms with Crippen LogP contribution in [0.4, 0.5) is 4.39 Å². The van der Waals surface area contributed by atoms with Gasteiger partial charge in [0.25, 0.3) is 0 Å². The third kappa shape index (κ3) is 3.20. The van der Waals surface area contributed by atoms with Gasteiger partial charge in [0.05, 0.1) is 6.04 Å². The number of piperidine rings is 1. The maximum atomic E-state index is 13.4. The fourth-order valence-corrected chi connectivity index (χ4v) is 4.14. The van der Waals surface area contributed by atoms with Gasteiger partial charge in [0.15, 0.2) is 0 Å². The van der Waals surface area contributed by atoms with E-state index in [0.29, 0.717) is 6.04 Å². The Bertz CT molecular complexity index is 772. The summed E-state index contributed by atoms with van der Waals surface area (Å²) in [5, 5.41) is 0. The van der Waals surface area contributed by atoms with Gasteiger partial charge in [-0.3, -0.25) is 4.79 Å². The normalized spacial score (nSPS) is 25.8. The molecule has 1 aliphatic heterocycles. The van der Waals surface area contributed by atoms with Crippen molar-refractivity contribution in [2.75, 3.05) is 13.1 Å². The van der Waals surface area contributed by atoms with E-state index in [2.05, 4.69) is 16.5 Å². The second kappa shape index (κ2) is 6.62. The van der Waals surface area contributed by atoms with Crippen molar-refractivity contribution >= 4 is 5.91 Å². The van der Waals surface area contributed by atoms with Crippen molar-refractivity contribution < 1.29 is 9.18 Å². The monoisotopic (exact) mass is 341 g/mol. The van der Waals surface area contributed by atoms with E-state index in [1.54, 1.807) is 12.1 Å². The summed E-state index contributed by atoms with van der Waals surface area (Å²) in [5.74, 6) is 1.30. The Labute approximate surface area is 147 Å². The number of halogens is 1. The highest BCUT2D eigenvalue weighted by molar-refractivity contribution is 5.83. The van der Waals surface area contributed by atoms with Gasteiger partial charge in [0.1, 0.15) is 11.6 Å². The van der Waals surface area contributed by atoms with Crippen molar-refractivity contribution in [3.8, 4) is 0 Å². The lowest BCUT2D eigenvalue weighted by molar-refractivity contribution is -0.134. The van der Waals surface area contributed by atoms with Gasteiger partial charge in [-0.05, 0) is 42.9 Å². The van der Waals surface area contributed by atoms with Crippen LogP contribution in [-0.4, -0.2) is 33.4 Å². The van der Waals surface area contributed by atoms with Gasteiger partial charge in [-0.2, -0.15) is 0 Å². The third-order valence-electron chi connectivity index (χ3n) is 5.55.